The zero-order chi connectivity index (χ0) is 8.97. The Kier molecular flexibility index (Phi) is 3.51. The largest absolute Gasteiger partial charge is 0.380 e. The molecule has 0 aromatic carbocycles. The number of hydrogen-bond donors (Lipinski definition) is 0. The molecular formula is C9H16N2O. The molecule has 1 saturated heterocycles. The van der Waals surface area contributed by atoms with Crippen molar-refractivity contribution in [2.75, 3.05) is 20.2 Å². The van der Waals surface area contributed by atoms with Crippen LogP contribution in [0.3, 0.4) is 0 Å². The average Bonchev–Trinajstić information content (AvgIpc) is 2.52. The van der Waals surface area contributed by atoms with Crippen LogP contribution in [0.5, 0.6) is 0 Å². The summed E-state index contributed by atoms with van der Waals surface area (Å²) in [6.45, 7) is 4.15. The van der Waals surface area contributed by atoms with Crippen LogP contribution in [0.2, 0.25) is 0 Å². The highest BCUT2D eigenvalue weighted by Crippen LogP contribution is 2.15. The summed E-state index contributed by atoms with van der Waals surface area (Å²) in [6, 6.07) is 2.58. The first-order chi connectivity index (χ1) is 5.77. The number of nitriles is 1. The molecule has 0 aliphatic carbocycles. The minimum Gasteiger partial charge on any atom is -0.380 e. The summed E-state index contributed by atoms with van der Waals surface area (Å²) in [7, 11) is 1.75. The molecule has 1 fully saturated rings. The van der Waals surface area contributed by atoms with E-state index in [1.54, 1.807) is 7.11 Å². The van der Waals surface area contributed by atoms with E-state index < -0.39 is 0 Å². The van der Waals surface area contributed by atoms with Gasteiger partial charge in [-0.05, 0) is 13.3 Å². The predicted octanol–water partition coefficient (Wildman–Crippen LogP) is 1.01. The van der Waals surface area contributed by atoms with E-state index in [1.807, 2.05) is 0 Å². The zero-order valence-corrected chi connectivity index (χ0v) is 7.79. The van der Waals surface area contributed by atoms with Gasteiger partial charge in [0.25, 0.3) is 0 Å². The van der Waals surface area contributed by atoms with E-state index in [0.717, 1.165) is 19.5 Å². The predicted molar refractivity (Wildman–Crippen MR) is 46.7 cm³/mol. The lowest BCUT2D eigenvalue weighted by atomic mass is 10.2. The first kappa shape index (κ1) is 9.50. The maximum atomic E-state index is 8.51. The summed E-state index contributed by atoms with van der Waals surface area (Å²) in [4.78, 5) is 2.32. The molecule has 0 aromatic heterocycles. The molecule has 0 bridgehead atoms. The molecule has 0 aromatic rings. The second-order valence-corrected chi connectivity index (χ2v) is 3.35. The van der Waals surface area contributed by atoms with Gasteiger partial charge in [-0.15, -0.1) is 0 Å². The van der Waals surface area contributed by atoms with Crippen LogP contribution in [-0.2, 0) is 4.74 Å². The molecule has 2 atom stereocenters. The van der Waals surface area contributed by atoms with E-state index in [0.29, 0.717) is 18.6 Å². The molecule has 0 spiro atoms. The summed E-state index contributed by atoms with van der Waals surface area (Å²) in [5, 5.41) is 8.51. The molecule has 0 N–H and O–H groups in total. The average molecular weight is 168 g/mol. The van der Waals surface area contributed by atoms with Crippen molar-refractivity contribution in [1.29, 1.82) is 5.26 Å². The van der Waals surface area contributed by atoms with Gasteiger partial charge in [0, 0.05) is 26.2 Å². The lowest BCUT2D eigenvalue weighted by molar-refractivity contribution is 0.103. The summed E-state index contributed by atoms with van der Waals surface area (Å²) in [5.41, 5.74) is 0. The van der Waals surface area contributed by atoms with Crippen molar-refractivity contribution in [3.8, 4) is 6.07 Å². The Bertz CT molecular complexity index is 176. The second-order valence-electron chi connectivity index (χ2n) is 3.35. The lowest BCUT2D eigenvalue weighted by Gasteiger charge is -2.21. The van der Waals surface area contributed by atoms with Crippen molar-refractivity contribution in [1.82, 2.24) is 4.90 Å². The van der Waals surface area contributed by atoms with Gasteiger partial charge in [0.1, 0.15) is 0 Å². The van der Waals surface area contributed by atoms with E-state index in [-0.39, 0.29) is 0 Å². The number of rotatable bonds is 3. The van der Waals surface area contributed by atoms with Crippen LogP contribution in [0.4, 0.5) is 0 Å². The fraction of sp³-hybridized carbons (Fsp3) is 0.889. The number of hydrogen-bond acceptors (Lipinski definition) is 3. The van der Waals surface area contributed by atoms with Crippen LogP contribution >= 0.6 is 0 Å². The minimum atomic E-state index is 0.381. The summed E-state index contributed by atoms with van der Waals surface area (Å²) in [6.07, 6.45) is 2.11. The van der Waals surface area contributed by atoms with Crippen LogP contribution in [0.15, 0.2) is 0 Å². The number of likely N-dealkylation sites (tertiary alicyclic amines) is 1. The highest BCUT2D eigenvalue weighted by molar-refractivity contribution is 4.85. The van der Waals surface area contributed by atoms with Gasteiger partial charge >= 0.3 is 0 Å². The number of nitrogens with zero attached hydrogens (tertiary/aromatic N) is 2. The Hall–Kier alpha value is -0.590. The molecule has 3 heteroatoms. The molecule has 12 heavy (non-hydrogen) atoms. The summed E-state index contributed by atoms with van der Waals surface area (Å²) >= 11 is 0. The number of methoxy groups -OCH3 is 1. The smallest absolute Gasteiger partial charge is 0.0710 e. The molecule has 1 heterocycles. The standard InChI is InChI=1S/C9H16N2O/c1-8(3-5-10)11-6-4-9(7-11)12-2/h8-9H,3-4,6-7H2,1-2H3/t8?,9-/m0/s1. The Morgan fingerprint density at radius 2 is 2.50 bits per heavy atom. The van der Waals surface area contributed by atoms with Gasteiger partial charge in [-0.25, -0.2) is 0 Å². The first-order valence-corrected chi connectivity index (χ1v) is 4.41. The molecule has 0 radical (unpaired) electrons. The van der Waals surface area contributed by atoms with E-state index in [2.05, 4.69) is 17.9 Å². The fourth-order valence-corrected chi connectivity index (χ4v) is 1.61. The first-order valence-electron chi connectivity index (χ1n) is 4.41. The Balaban J connectivity index is 2.31. The van der Waals surface area contributed by atoms with Crippen molar-refractivity contribution >= 4 is 0 Å². The van der Waals surface area contributed by atoms with E-state index in [1.165, 1.54) is 0 Å². The SMILES string of the molecule is CO[C@H]1CCN(C(C)CC#N)C1. The van der Waals surface area contributed by atoms with Gasteiger partial charge < -0.3 is 4.74 Å². The Labute approximate surface area is 73.9 Å². The normalized spacial score (nSPS) is 26.9. The van der Waals surface area contributed by atoms with Gasteiger partial charge in [-0.3, -0.25) is 4.90 Å². The monoisotopic (exact) mass is 168 g/mol. The van der Waals surface area contributed by atoms with Gasteiger partial charge in [-0.2, -0.15) is 5.26 Å². The van der Waals surface area contributed by atoms with E-state index >= 15 is 0 Å². The fourth-order valence-electron chi connectivity index (χ4n) is 1.61. The van der Waals surface area contributed by atoms with Crippen LogP contribution in [0.1, 0.15) is 19.8 Å². The quantitative estimate of drug-likeness (QED) is 0.631. The Morgan fingerprint density at radius 1 is 1.75 bits per heavy atom. The molecule has 0 saturated carbocycles. The van der Waals surface area contributed by atoms with Crippen LogP contribution in [0.25, 0.3) is 0 Å². The van der Waals surface area contributed by atoms with Crippen molar-refractivity contribution in [2.24, 2.45) is 0 Å². The molecular weight excluding hydrogens is 152 g/mol. The van der Waals surface area contributed by atoms with Gasteiger partial charge in [0.2, 0.25) is 0 Å². The topological polar surface area (TPSA) is 36.3 Å². The van der Waals surface area contributed by atoms with E-state index in [4.69, 9.17) is 10.00 Å². The summed E-state index contributed by atoms with van der Waals surface area (Å²) < 4.78 is 5.25. The third-order valence-corrected chi connectivity index (χ3v) is 2.52. The van der Waals surface area contributed by atoms with Gasteiger partial charge in [0.15, 0.2) is 0 Å². The zero-order valence-electron chi connectivity index (χ0n) is 7.79. The molecule has 1 rings (SSSR count). The van der Waals surface area contributed by atoms with Crippen molar-refractivity contribution in [2.45, 2.75) is 31.9 Å². The third-order valence-electron chi connectivity index (χ3n) is 2.52. The molecule has 0 amide bonds. The van der Waals surface area contributed by atoms with Gasteiger partial charge in [0.05, 0.1) is 18.6 Å². The minimum absolute atomic E-state index is 0.381. The van der Waals surface area contributed by atoms with Crippen LogP contribution < -0.4 is 0 Å². The van der Waals surface area contributed by atoms with Crippen molar-refractivity contribution in [3.63, 3.8) is 0 Å². The third kappa shape index (κ3) is 2.20. The maximum Gasteiger partial charge on any atom is 0.0710 e. The molecule has 1 unspecified atom stereocenters. The van der Waals surface area contributed by atoms with Crippen LogP contribution in [0, 0.1) is 11.3 Å². The maximum absolute atomic E-state index is 8.51. The highest BCUT2D eigenvalue weighted by Gasteiger charge is 2.25. The highest BCUT2D eigenvalue weighted by atomic mass is 16.5. The van der Waals surface area contributed by atoms with E-state index in [9.17, 15) is 0 Å². The Morgan fingerprint density at radius 3 is 3.00 bits per heavy atom. The van der Waals surface area contributed by atoms with Gasteiger partial charge in [-0.1, -0.05) is 0 Å². The van der Waals surface area contributed by atoms with Crippen LogP contribution in [-0.4, -0.2) is 37.2 Å². The molecule has 68 valence electrons. The van der Waals surface area contributed by atoms with Crippen molar-refractivity contribution < 1.29 is 4.74 Å². The van der Waals surface area contributed by atoms with Crippen molar-refractivity contribution in [3.05, 3.63) is 0 Å². The second kappa shape index (κ2) is 4.44. The lowest BCUT2D eigenvalue weighted by Crippen LogP contribution is -2.31. The molecule has 1 aliphatic heterocycles. The number of ether oxygens (including phenoxy) is 1. The summed E-state index contributed by atoms with van der Waals surface area (Å²) in [5.74, 6) is 0. The molecule has 1 aliphatic rings. The molecule has 3 nitrogen and oxygen atoms in total.